The highest BCUT2D eigenvalue weighted by Gasteiger charge is 2.30. The number of hydrogen-bond acceptors (Lipinski definition) is 5. The Hall–Kier alpha value is -1.63. The van der Waals surface area contributed by atoms with Crippen LogP contribution in [0.15, 0.2) is 40.3 Å². The maximum Gasteiger partial charge on any atom is 0.277 e. The van der Waals surface area contributed by atoms with Gasteiger partial charge in [0.1, 0.15) is 6.23 Å². The number of benzene rings is 1. The van der Waals surface area contributed by atoms with E-state index in [1.807, 2.05) is 36.6 Å². The first-order valence-corrected chi connectivity index (χ1v) is 9.15. The van der Waals surface area contributed by atoms with Gasteiger partial charge >= 0.3 is 0 Å². The molecule has 1 atom stereocenters. The third kappa shape index (κ3) is 3.41. The van der Waals surface area contributed by atoms with Gasteiger partial charge in [0.15, 0.2) is 5.16 Å². The van der Waals surface area contributed by atoms with Gasteiger partial charge in [-0.1, -0.05) is 55.9 Å². The van der Waals surface area contributed by atoms with Crippen LogP contribution in [-0.2, 0) is 11.2 Å². The van der Waals surface area contributed by atoms with Crippen molar-refractivity contribution in [3.05, 3.63) is 57.5 Å². The number of thioether (sulfide) groups is 1. The van der Waals surface area contributed by atoms with Crippen LogP contribution in [0.2, 0.25) is 0 Å². The number of fused-ring (bicyclic) bond motifs is 1. The molecule has 2 heterocycles. The molecule has 0 radical (unpaired) electrons. The van der Waals surface area contributed by atoms with E-state index in [2.05, 4.69) is 17.1 Å². The number of hydrogen-bond donors (Lipinski definition) is 1. The van der Waals surface area contributed by atoms with Gasteiger partial charge in [-0.25, -0.2) is 0 Å². The lowest BCUT2D eigenvalue weighted by Crippen LogP contribution is -2.27. The molecule has 0 spiro atoms. The molecule has 0 bridgehead atoms. The van der Waals surface area contributed by atoms with E-state index in [1.165, 1.54) is 11.8 Å². The Balaban J connectivity index is 2.11. The van der Waals surface area contributed by atoms with Gasteiger partial charge in [-0.15, -0.1) is 0 Å². The van der Waals surface area contributed by atoms with E-state index in [-0.39, 0.29) is 30.9 Å². The Labute approximate surface area is 145 Å². The zero-order valence-corrected chi connectivity index (χ0v) is 14.8. The molecule has 0 saturated heterocycles. The maximum absolute atomic E-state index is 12.5. The monoisotopic (exact) mass is 346 g/mol. The van der Waals surface area contributed by atoms with Crippen LogP contribution in [0.4, 0.5) is 0 Å². The van der Waals surface area contributed by atoms with Gasteiger partial charge in [0.05, 0.1) is 13.2 Å². The average Bonchev–Trinajstić information content (AvgIpc) is 2.96. The van der Waals surface area contributed by atoms with E-state index in [9.17, 15) is 4.79 Å². The van der Waals surface area contributed by atoms with Crippen molar-refractivity contribution in [2.24, 2.45) is 0 Å². The first kappa shape index (κ1) is 17.2. The molecular formula is C18H22N2O3S. The summed E-state index contributed by atoms with van der Waals surface area (Å²) in [6.07, 6.45) is 0.472. The van der Waals surface area contributed by atoms with Crippen LogP contribution in [0.25, 0.3) is 0 Å². The predicted molar refractivity (Wildman–Crippen MR) is 94.6 cm³/mol. The zero-order valence-electron chi connectivity index (χ0n) is 13.9. The minimum atomic E-state index is -0.193. The van der Waals surface area contributed by atoms with Crippen LogP contribution >= 0.6 is 11.8 Å². The van der Waals surface area contributed by atoms with Crippen LogP contribution in [0.3, 0.4) is 0 Å². The molecule has 0 amide bonds. The van der Waals surface area contributed by atoms with Crippen LogP contribution in [-0.4, -0.2) is 33.6 Å². The molecule has 1 aliphatic rings. The summed E-state index contributed by atoms with van der Waals surface area (Å²) in [6.45, 7) is 4.30. The molecule has 3 rings (SSSR count). The lowest BCUT2D eigenvalue weighted by atomic mass is 9.98. The average molecular weight is 346 g/mol. The lowest BCUT2D eigenvalue weighted by Gasteiger charge is -2.22. The Bertz CT molecular complexity index is 759. The van der Waals surface area contributed by atoms with E-state index < -0.39 is 0 Å². The molecule has 0 fully saturated rings. The fourth-order valence-corrected chi connectivity index (χ4v) is 4.10. The molecular weight excluding hydrogens is 324 g/mol. The SMILES string of the molecule is CC(C)c1c(Cc2ccccc2)n2c(nc1=O)SCC2OCCO. The van der Waals surface area contributed by atoms with Gasteiger partial charge in [0, 0.05) is 23.4 Å². The van der Waals surface area contributed by atoms with E-state index >= 15 is 0 Å². The summed E-state index contributed by atoms with van der Waals surface area (Å²) >= 11 is 1.53. The van der Waals surface area contributed by atoms with Crippen molar-refractivity contribution in [1.29, 1.82) is 0 Å². The molecule has 0 saturated carbocycles. The molecule has 24 heavy (non-hydrogen) atoms. The highest BCUT2D eigenvalue weighted by molar-refractivity contribution is 7.99. The van der Waals surface area contributed by atoms with Crippen LogP contribution < -0.4 is 5.56 Å². The van der Waals surface area contributed by atoms with E-state index in [4.69, 9.17) is 9.84 Å². The predicted octanol–water partition coefficient (Wildman–Crippen LogP) is 2.57. The number of aliphatic hydroxyl groups excluding tert-OH is 1. The van der Waals surface area contributed by atoms with E-state index in [0.717, 1.165) is 16.8 Å². The Morgan fingerprint density at radius 3 is 2.79 bits per heavy atom. The van der Waals surface area contributed by atoms with Crippen LogP contribution in [0, 0.1) is 0 Å². The topological polar surface area (TPSA) is 64.4 Å². The van der Waals surface area contributed by atoms with Gasteiger partial charge in [0.25, 0.3) is 5.56 Å². The van der Waals surface area contributed by atoms with Crippen molar-refractivity contribution in [2.75, 3.05) is 19.0 Å². The molecule has 0 aliphatic carbocycles. The third-order valence-electron chi connectivity index (χ3n) is 4.07. The smallest absolute Gasteiger partial charge is 0.277 e. The summed E-state index contributed by atoms with van der Waals surface area (Å²) in [5, 5.41) is 9.77. The Morgan fingerprint density at radius 2 is 2.12 bits per heavy atom. The first-order valence-electron chi connectivity index (χ1n) is 8.16. The van der Waals surface area contributed by atoms with Crippen molar-refractivity contribution in [3.63, 3.8) is 0 Å². The summed E-state index contributed by atoms with van der Waals surface area (Å²) in [5.74, 6) is 0.793. The molecule has 6 heteroatoms. The highest BCUT2D eigenvalue weighted by Crippen LogP contribution is 2.35. The minimum absolute atomic E-state index is 0.0187. The number of nitrogens with zero attached hydrogens (tertiary/aromatic N) is 2. The first-order chi connectivity index (χ1) is 11.6. The number of ether oxygens (including phenoxy) is 1. The molecule has 1 unspecified atom stereocenters. The molecule has 5 nitrogen and oxygen atoms in total. The summed E-state index contributed by atoms with van der Waals surface area (Å²) in [6, 6.07) is 10.1. The molecule has 1 N–H and O–H groups in total. The fraction of sp³-hybridized carbons (Fsp3) is 0.444. The van der Waals surface area contributed by atoms with Crippen LogP contribution in [0.5, 0.6) is 0 Å². The summed E-state index contributed by atoms with van der Waals surface area (Å²) < 4.78 is 7.83. The van der Waals surface area contributed by atoms with Crippen LogP contribution in [0.1, 0.15) is 42.8 Å². The maximum atomic E-state index is 12.5. The standard InChI is InChI=1S/C18H22N2O3S/c1-12(2)16-14(10-13-6-4-3-5-7-13)20-15(23-9-8-21)11-24-18(20)19-17(16)22/h3-7,12,15,21H,8-11H2,1-2H3. The second kappa shape index (κ2) is 7.51. The third-order valence-corrected chi connectivity index (χ3v) is 5.07. The summed E-state index contributed by atoms with van der Waals surface area (Å²) in [5.41, 5.74) is 2.73. The summed E-state index contributed by atoms with van der Waals surface area (Å²) in [7, 11) is 0. The normalized spacial score (nSPS) is 16.6. The van der Waals surface area contributed by atoms with Gasteiger partial charge in [-0.05, 0) is 11.5 Å². The molecule has 128 valence electrons. The quantitative estimate of drug-likeness (QED) is 0.815. The second-order valence-corrected chi connectivity index (χ2v) is 7.09. The van der Waals surface area contributed by atoms with Crippen molar-refractivity contribution in [3.8, 4) is 0 Å². The number of aromatic nitrogens is 2. The minimum Gasteiger partial charge on any atom is -0.394 e. The number of aliphatic hydroxyl groups is 1. The summed E-state index contributed by atoms with van der Waals surface area (Å²) in [4.78, 5) is 16.8. The van der Waals surface area contributed by atoms with Gasteiger partial charge in [-0.2, -0.15) is 4.98 Å². The Morgan fingerprint density at radius 1 is 1.38 bits per heavy atom. The highest BCUT2D eigenvalue weighted by atomic mass is 32.2. The van der Waals surface area contributed by atoms with Gasteiger partial charge < -0.3 is 9.84 Å². The number of rotatable bonds is 6. The van der Waals surface area contributed by atoms with Gasteiger partial charge in [0.2, 0.25) is 0 Å². The lowest BCUT2D eigenvalue weighted by molar-refractivity contribution is -0.00343. The fourth-order valence-electron chi connectivity index (χ4n) is 3.05. The second-order valence-electron chi connectivity index (χ2n) is 6.11. The van der Waals surface area contributed by atoms with Crippen molar-refractivity contribution >= 4 is 11.8 Å². The van der Waals surface area contributed by atoms with Gasteiger partial charge in [-0.3, -0.25) is 9.36 Å². The molecule has 2 aromatic rings. The largest absolute Gasteiger partial charge is 0.394 e. The van der Waals surface area contributed by atoms with Crippen molar-refractivity contribution in [2.45, 2.75) is 37.6 Å². The van der Waals surface area contributed by atoms with Crippen molar-refractivity contribution < 1.29 is 9.84 Å². The molecule has 1 aromatic carbocycles. The molecule has 1 aromatic heterocycles. The Kier molecular flexibility index (Phi) is 5.38. The van der Waals surface area contributed by atoms with E-state index in [0.29, 0.717) is 17.3 Å². The van der Waals surface area contributed by atoms with Crippen molar-refractivity contribution in [1.82, 2.24) is 9.55 Å². The zero-order chi connectivity index (χ0) is 17.1. The molecule has 1 aliphatic heterocycles. The van der Waals surface area contributed by atoms with E-state index in [1.54, 1.807) is 0 Å².